The number of amides is 1. The zero-order chi connectivity index (χ0) is 18.6. The molecule has 4 rings (SSSR count). The first kappa shape index (κ1) is 17.4. The Labute approximate surface area is 156 Å². The van der Waals surface area contributed by atoms with E-state index in [1.807, 2.05) is 36.5 Å². The van der Waals surface area contributed by atoms with Crippen LogP contribution in [0, 0.1) is 5.82 Å². The Bertz CT molecular complexity index is 916. The van der Waals surface area contributed by atoms with Crippen molar-refractivity contribution in [2.24, 2.45) is 0 Å². The van der Waals surface area contributed by atoms with Gasteiger partial charge in [-0.1, -0.05) is 18.2 Å². The van der Waals surface area contributed by atoms with E-state index in [4.69, 9.17) is 4.74 Å². The third-order valence-corrected chi connectivity index (χ3v) is 4.60. The summed E-state index contributed by atoms with van der Waals surface area (Å²) >= 11 is 0. The molecule has 0 radical (unpaired) electrons. The van der Waals surface area contributed by atoms with Gasteiger partial charge in [0.25, 0.3) is 0 Å². The van der Waals surface area contributed by atoms with Crippen molar-refractivity contribution in [2.45, 2.75) is 25.5 Å². The van der Waals surface area contributed by atoms with E-state index >= 15 is 0 Å². The van der Waals surface area contributed by atoms with Gasteiger partial charge in [-0.05, 0) is 49.2 Å². The fourth-order valence-electron chi connectivity index (χ4n) is 3.18. The second-order valence-electron chi connectivity index (χ2n) is 6.51. The Kier molecular flexibility index (Phi) is 4.98. The van der Waals surface area contributed by atoms with Crippen LogP contribution in [-0.4, -0.2) is 28.4 Å². The van der Waals surface area contributed by atoms with E-state index < -0.39 is 0 Å². The predicted octanol–water partition coefficient (Wildman–Crippen LogP) is 3.47. The maximum atomic E-state index is 13.3. The minimum absolute atomic E-state index is 0.106. The van der Waals surface area contributed by atoms with Gasteiger partial charge in [-0.25, -0.2) is 9.07 Å². The maximum absolute atomic E-state index is 13.3. The lowest BCUT2D eigenvalue weighted by Crippen LogP contribution is -2.33. The number of hydrogen-bond acceptors (Lipinski definition) is 3. The Hall–Kier alpha value is -2.99. The van der Waals surface area contributed by atoms with Crippen molar-refractivity contribution >= 4 is 5.91 Å². The maximum Gasteiger partial charge on any atom is 0.249 e. The van der Waals surface area contributed by atoms with Crippen molar-refractivity contribution in [2.75, 3.05) is 6.61 Å². The van der Waals surface area contributed by atoms with Crippen LogP contribution in [0.2, 0.25) is 0 Å². The Morgan fingerprint density at radius 2 is 1.96 bits per heavy atom. The molecule has 2 aromatic carbocycles. The number of hydrogen-bond donors (Lipinski definition) is 1. The number of halogens is 1. The van der Waals surface area contributed by atoms with Crippen LogP contribution < -0.4 is 5.32 Å². The fraction of sp³-hybridized carbons (Fsp3) is 0.238. The van der Waals surface area contributed by atoms with E-state index in [1.165, 1.54) is 12.1 Å². The molecule has 1 aromatic heterocycles. The number of para-hydroxylation sites is 1. The first-order valence-corrected chi connectivity index (χ1v) is 9.00. The molecular formula is C21H20FN3O2. The number of rotatable bonds is 5. The van der Waals surface area contributed by atoms with Gasteiger partial charge in [-0.3, -0.25) is 4.79 Å². The van der Waals surface area contributed by atoms with Gasteiger partial charge in [0.1, 0.15) is 11.9 Å². The molecule has 0 bridgehead atoms. The number of benzene rings is 2. The molecule has 138 valence electrons. The van der Waals surface area contributed by atoms with E-state index in [2.05, 4.69) is 10.4 Å². The number of carbonyl (C=O) groups is 1. The Balaban J connectivity index is 1.62. The summed E-state index contributed by atoms with van der Waals surface area (Å²) in [4.78, 5) is 12.3. The van der Waals surface area contributed by atoms with E-state index in [0.29, 0.717) is 18.8 Å². The molecule has 0 saturated carbocycles. The standard InChI is InChI=1S/C21H20FN3O2/c22-17-10-8-15(9-11-17)20-16(13-23-21(26)19-7-4-12-27-19)14-25(24-20)18-5-2-1-3-6-18/h1-3,5-6,8-11,14,19H,4,7,12-13H2,(H,23,26)/t19-/m0/s1. The smallest absolute Gasteiger partial charge is 0.249 e. The molecule has 5 nitrogen and oxygen atoms in total. The molecule has 1 atom stereocenters. The highest BCUT2D eigenvalue weighted by Crippen LogP contribution is 2.24. The molecule has 1 aliphatic heterocycles. The number of carbonyl (C=O) groups excluding carboxylic acids is 1. The summed E-state index contributed by atoms with van der Waals surface area (Å²) in [5, 5.41) is 7.60. The summed E-state index contributed by atoms with van der Waals surface area (Å²) in [5.41, 5.74) is 3.29. The third kappa shape index (κ3) is 3.90. The number of nitrogens with one attached hydrogen (secondary N) is 1. The molecule has 2 heterocycles. The molecule has 1 saturated heterocycles. The molecule has 6 heteroatoms. The van der Waals surface area contributed by atoms with Gasteiger partial charge in [0.15, 0.2) is 0 Å². The van der Waals surface area contributed by atoms with Crippen molar-refractivity contribution in [3.8, 4) is 16.9 Å². The quantitative estimate of drug-likeness (QED) is 0.753. The molecule has 1 amide bonds. The summed E-state index contributed by atoms with van der Waals surface area (Å²) < 4.78 is 20.5. The summed E-state index contributed by atoms with van der Waals surface area (Å²) in [6.45, 7) is 0.961. The number of aromatic nitrogens is 2. The number of ether oxygens (including phenoxy) is 1. The largest absolute Gasteiger partial charge is 0.368 e. The second-order valence-corrected chi connectivity index (χ2v) is 6.51. The van der Waals surface area contributed by atoms with Gasteiger partial charge < -0.3 is 10.1 Å². The van der Waals surface area contributed by atoms with E-state index in [1.54, 1.807) is 16.8 Å². The summed E-state index contributed by atoms with van der Waals surface area (Å²) in [5.74, 6) is -0.403. The molecule has 0 spiro atoms. The highest BCUT2D eigenvalue weighted by atomic mass is 19.1. The van der Waals surface area contributed by atoms with Crippen LogP contribution >= 0.6 is 0 Å². The SMILES string of the molecule is O=C(NCc1cn(-c2ccccc2)nc1-c1ccc(F)cc1)[C@@H]1CCCO1. The molecule has 0 unspecified atom stereocenters. The lowest BCUT2D eigenvalue weighted by Gasteiger charge is -2.10. The van der Waals surface area contributed by atoms with Crippen LogP contribution in [0.15, 0.2) is 60.8 Å². The van der Waals surface area contributed by atoms with E-state index in [9.17, 15) is 9.18 Å². The monoisotopic (exact) mass is 365 g/mol. The van der Waals surface area contributed by atoms with Gasteiger partial charge in [-0.2, -0.15) is 5.10 Å². The lowest BCUT2D eigenvalue weighted by atomic mass is 10.1. The van der Waals surface area contributed by atoms with E-state index in [0.717, 1.165) is 29.7 Å². The first-order valence-electron chi connectivity index (χ1n) is 9.00. The Morgan fingerprint density at radius 3 is 2.67 bits per heavy atom. The normalized spacial score (nSPS) is 16.4. The lowest BCUT2D eigenvalue weighted by molar-refractivity contribution is -0.130. The molecule has 1 fully saturated rings. The van der Waals surface area contributed by atoms with Crippen molar-refractivity contribution in [3.63, 3.8) is 0 Å². The van der Waals surface area contributed by atoms with Crippen molar-refractivity contribution in [1.29, 1.82) is 0 Å². The highest BCUT2D eigenvalue weighted by Gasteiger charge is 2.23. The topological polar surface area (TPSA) is 56.2 Å². The molecule has 0 aliphatic carbocycles. The molecule has 27 heavy (non-hydrogen) atoms. The van der Waals surface area contributed by atoms with Crippen LogP contribution in [0.25, 0.3) is 16.9 Å². The summed E-state index contributed by atoms with van der Waals surface area (Å²) in [7, 11) is 0. The molecule has 1 aliphatic rings. The number of nitrogens with zero attached hydrogens (tertiary/aromatic N) is 2. The summed E-state index contributed by atoms with van der Waals surface area (Å²) in [6, 6.07) is 15.9. The Morgan fingerprint density at radius 1 is 1.19 bits per heavy atom. The van der Waals surface area contributed by atoms with Crippen molar-refractivity contribution in [3.05, 3.63) is 72.2 Å². The third-order valence-electron chi connectivity index (χ3n) is 4.60. The zero-order valence-corrected chi connectivity index (χ0v) is 14.8. The van der Waals surface area contributed by atoms with Gasteiger partial charge in [0, 0.05) is 30.5 Å². The van der Waals surface area contributed by atoms with Crippen LogP contribution in [0.5, 0.6) is 0 Å². The zero-order valence-electron chi connectivity index (χ0n) is 14.8. The average Bonchev–Trinajstić information content (AvgIpc) is 3.38. The molecule has 1 N–H and O–H groups in total. The predicted molar refractivity (Wildman–Crippen MR) is 99.8 cm³/mol. The highest BCUT2D eigenvalue weighted by molar-refractivity contribution is 5.81. The molecular weight excluding hydrogens is 345 g/mol. The van der Waals surface area contributed by atoms with Crippen molar-refractivity contribution in [1.82, 2.24) is 15.1 Å². The van der Waals surface area contributed by atoms with Gasteiger partial charge >= 0.3 is 0 Å². The summed E-state index contributed by atoms with van der Waals surface area (Å²) in [6.07, 6.45) is 3.18. The second kappa shape index (κ2) is 7.72. The van der Waals surface area contributed by atoms with Crippen LogP contribution in [0.4, 0.5) is 4.39 Å². The minimum atomic E-state index is -0.372. The molecule has 3 aromatic rings. The van der Waals surface area contributed by atoms with Crippen molar-refractivity contribution < 1.29 is 13.9 Å². The first-order chi connectivity index (χ1) is 13.2. The average molecular weight is 365 g/mol. The minimum Gasteiger partial charge on any atom is -0.368 e. The van der Waals surface area contributed by atoms with Gasteiger partial charge in [-0.15, -0.1) is 0 Å². The van der Waals surface area contributed by atoms with Gasteiger partial charge in [0.2, 0.25) is 5.91 Å². The van der Waals surface area contributed by atoms with Crippen LogP contribution in [0.1, 0.15) is 18.4 Å². The van der Waals surface area contributed by atoms with Crippen LogP contribution in [0.3, 0.4) is 0 Å². The van der Waals surface area contributed by atoms with Crippen LogP contribution in [-0.2, 0) is 16.1 Å². The van der Waals surface area contributed by atoms with E-state index in [-0.39, 0.29) is 17.8 Å². The fourth-order valence-corrected chi connectivity index (χ4v) is 3.18. The van der Waals surface area contributed by atoms with Gasteiger partial charge in [0.05, 0.1) is 11.4 Å².